The fraction of sp³-hybridized carbons (Fsp3) is 0.333. The van der Waals surface area contributed by atoms with Crippen LogP contribution in [0.25, 0.3) is 11.1 Å². The summed E-state index contributed by atoms with van der Waals surface area (Å²) in [6.07, 6.45) is 1.57. The maximum Gasteiger partial charge on any atom is 0.223 e. The average Bonchev–Trinajstić information content (AvgIpc) is 3.03. The van der Waals surface area contributed by atoms with Crippen LogP contribution in [0.1, 0.15) is 31.9 Å². The van der Waals surface area contributed by atoms with Crippen LogP contribution in [0, 0.1) is 5.92 Å². The number of anilines is 1. The Balaban J connectivity index is 1.81. The zero-order valence-electron chi connectivity index (χ0n) is 15.0. The number of amides is 1. The Kier molecular flexibility index (Phi) is 4.88. The number of fused-ring (bicyclic) bond motifs is 1. The van der Waals surface area contributed by atoms with Crippen molar-refractivity contribution in [2.75, 3.05) is 11.4 Å². The molecular formula is C21H24N2O2. The molecule has 1 heterocycles. The molecule has 0 aliphatic carbocycles. The molecule has 3 rings (SSSR count). The van der Waals surface area contributed by atoms with E-state index in [-0.39, 0.29) is 11.8 Å². The molecule has 0 unspecified atom stereocenters. The van der Waals surface area contributed by atoms with Gasteiger partial charge >= 0.3 is 0 Å². The predicted octanol–water partition coefficient (Wildman–Crippen LogP) is 4.29. The van der Waals surface area contributed by atoms with Crippen LogP contribution in [0.2, 0.25) is 0 Å². The molecule has 0 radical (unpaired) electrons. The summed E-state index contributed by atoms with van der Waals surface area (Å²) >= 11 is 0. The smallest absolute Gasteiger partial charge is 0.223 e. The normalized spacial score (nSPS) is 14.1. The monoisotopic (exact) mass is 336 g/mol. The Morgan fingerprint density at radius 3 is 2.44 bits per heavy atom. The van der Waals surface area contributed by atoms with Crippen molar-refractivity contribution >= 4 is 17.3 Å². The number of benzene rings is 2. The van der Waals surface area contributed by atoms with E-state index < -0.39 is 0 Å². The maximum absolute atomic E-state index is 11.7. The van der Waals surface area contributed by atoms with Crippen molar-refractivity contribution in [1.82, 2.24) is 0 Å². The lowest BCUT2D eigenvalue weighted by Gasteiger charge is -2.15. The summed E-state index contributed by atoms with van der Waals surface area (Å²) in [6, 6.07) is 14.7. The summed E-state index contributed by atoms with van der Waals surface area (Å²) in [5.74, 6) is 0.327. The molecule has 2 aromatic carbocycles. The zero-order chi connectivity index (χ0) is 18.0. The van der Waals surface area contributed by atoms with Crippen molar-refractivity contribution in [1.29, 1.82) is 0 Å². The SMILES string of the molecule is CC(=O)N1CCc2cc(-c3ccc(C/C(=N/O)C(C)C)cc3)ccc21. The van der Waals surface area contributed by atoms with E-state index in [2.05, 4.69) is 41.6 Å². The number of carbonyl (C=O) groups excluding carboxylic acids is 1. The van der Waals surface area contributed by atoms with Crippen molar-refractivity contribution in [3.05, 3.63) is 53.6 Å². The van der Waals surface area contributed by atoms with Crippen molar-refractivity contribution in [3.8, 4) is 11.1 Å². The van der Waals surface area contributed by atoms with Crippen LogP contribution in [-0.2, 0) is 17.6 Å². The maximum atomic E-state index is 11.7. The van der Waals surface area contributed by atoms with Gasteiger partial charge in [-0.25, -0.2) is 0 Å². The summed E-state index contributed by atoms with van der Waals surface area (Å²) in [5, 5.41) is 12.5. The van der Waals surface area contributed by atoms with Gasteiger partial charge in [0, 0.05) is 25.6 Å². The van der Waals surface area contributed by atoms with Gasteiger partial charge in [0.25, 0.3) is 0 Å². The Morgan fingerprint density at radius 2 is 1.84 bits per heavy atom. The van der Waals surface area contributed by atoms with Crippen LogP contribution in [0.3, 0.4) is 0 Å². The third kappa shape index (κ3) is 3.58. The van der Waals surface area contributed by atoms with Crippen LogP contribution in [-0.4, -0.2) is 23.4 Å². The number of hydrogen-bond donors (Lipinski definition) is 1. The summed E-state index contributed by atoms with van der Waals surface area (Å²) in [6.45, 7) is 6.44. The molecule has 1 aliphatic heterocycles. The Bertz CT molecular complexity index is 807. The lowest BCUT2D eigenvalue weighted by Crippen LogP contribution is -2.25. The molecule has 2 aromatic rings. The van der Waals surface area contributed by atoms with Crippen LogP contribution >= 0.6 is 0 Å². The van der Waals surface area contributed by atoms with Gasteiger partial charge in [0.2, 0.25) is 5.91 Å². The van der Waals surface area contributed by atoms with E-state index in [9.17, 15) is 4.79 Å². The lowest BCUT2D eigenvalue weighted by molar-refractivity contribution is -0.116. The highest BCUT2D eigenvalue weighted by molar-refractivity contribution is 5.94. The first kappa shape index (κ1) is 17.2. The van der Waals surface area contributed by atoms with E-state index in [4.69, 9.17) is 5.21 Å². The third-order valence-electron chi connectivity index (χ3n) is 4.82. The van der Waals surface area contributed by atoms with Gasteiger partial charge in [0.15, 0.2) is 0 Å². The van der Waals surface area contributed by atoms with Crippen molar-refractivity contribution in [2.24, 2.45) is 11.1 Å². The highest BCUT2D eigenvalue weighted by Gasteiger charge is 2.22. The van der Waals surface area contributed by atoms with Crippen LogP contribution in [0.4, 0.5) is 5.69 Å². The number of hydrogen-bond acceptors (Lipinski definition) is 3. The average molecular weight is 336 g/mol. The molecule has 1 aliphatic rings. The second-order valence-corrected chi connectivity index (χ2v) is 6.88. The highest BCUT2D eigenvalue weighted by atomic mass is 16.4. The van der Waals surface area contributed by atoms with Crippen LogP contribution in [0.5, 0.6) is 0 Å². The second kappa shape index (κ2) is 7.09. The number of oxime groups is 1. The number of nitrogens with zero attached hydrogens (tertiary/aromatic N) is 2. The quantitative estimate of drug-likeness (QED) is 0.514. The Morgan fingerprint density at radius 1 is 1.16 bits per heavy atom. The second-order valence-electron chi connectivity index (χ2n) is 6.88. The van der Waals surface area contributed by atoms with Gasteiger partial charge in [-0.3, -0.25) is 4.79 Å². The first-order valence-corrected chi connectivity index (χ1v) is 8.70. The molecule has 0 saturated carbocycles. The van der Waals surface area contributed by atoms with E-state index in [0.717, 1.165) is 41.1 Å². The zero-order valence-corrected chi connectivity index (χ0v) is 15.0. The molecule has 1 amide bonds. The summed E-state index contributed by atoms with van der Waals surface area (Å²) in [5.41, 5.74) is 6.50. The van der Waals surface area contributed by atoms with Crippen molar-refractivity contribution in [2.45, 2.75) is 33.6 Å². The van der Waals surface area contributed by atoms with E-state index in [1.807, 2.05) is 24.8 Å². The van der Waals surface area contributed by atoms with Crippen LogP contribution < -0.4 is 4.90 Å². The molecule has 4 heteroatoms. The Labute approximate surface area is 148 Å². The largest absolute Gasteiger partial charge is 0.411 e. The Hall–Kier alpha value is -2.62. The topological polar surface area (TPSA) is 52.9 Å². The van der Waals surface area contributed by atoms with Gasteiger partial charge in [-0.1, -0.05) is 49.3 Å². The van der Waals surface area contributed by atoms with E-state index in [1.165, 1.54) is 5.56 Å². The summed E-state index contributed by atoms with van der Waals surface area (Å²) in [4.78, 5) is 13.5. The molecule has 0 bridgehead atoms. The molecule has 0 spiro atoms. The minimum atomic E-state index is 0.0994. The van der Waals surface area contributed by atoms with Gasteiger partial charge < -0.3 is 10.1 Å². The highest BCUT2D eigenvalue weighted by Crippen LogP contribution is 2.32. The van der Waals surface area contributed by atoms with Gasteiger partial charge in [-0.05, 0) is 46.7 Å². The number of rotatable bonds is 4. The lowest BCUT2D eigenvalue weighted by atomic mass is 9.97. The molecule has 0 saturated heterocycles. The molecule has 130 valence electrons. The minimum Gasteiger partial charge on any atom is -0.411 e. The first-order valence-electron chi connectivity index (χ1n) is 8.70. The minimum absolute atomic E-state index is 0.0994. The molecule has 4 nitrogen and oxygen atoms in total. The van der Waals surface area contributed by atoms with E-state index in [0.29, 0.717) is 6.42 Å². The first-order chi connectivity index (χ1) is 12.0. The van der Waals surface area contributed by atoms with E-state index in [1.54, 1.807) is 6.92 Å². The fourth-order valence-electron chi connectivity index (χ4n) is 3.29. The van der Waals surface area contributed by atoms with Crippen molar-refractivity contribution in [3.63, 3.8) is 0 Å². The van der Waals surface area contributed by atoms with Crippen LogP contribution in [0.15, 0.2) is 47.6 Å². The number of carbonyl (C=O) groups is 1. The van der Waals surface area contributed by atoms with Gasteiger partial charge in [0.1, 0.15) is 0 Å². The molecule has 25 heavy (non-hydrogen) atoms. The molecule has 1 N–H and O–H groups in total. The molecule has 0 atom stereocenters. The summed E-state index contributed by atoms with van der Waals surface area (Å²) in [7, 11) is 0. The molecule has 0 fully saturated rings. The van der Waals surface area contributed by atoms with Gasteiger partial charge in [0.05, 0.1) is 5.71 Å². The molecular weight excluding hydrogens is 312 g/mol. The molecule has 0 aromatic heterocycles. The predicted molar refractivity (Wildman–Crippen MR) is 101 cm³/mol. The fourth-order valence-corrected chi connectivity index (χ4v) is 3.29. The standard InChI is InChI=1S/C21H24N2O2/c1-14(2)20(22-25)12-16-4-6-17(7-5-16)18-8-9-21-19(13-18)10-11-23(21)15(3)24/h4-9,13-14,25H,10-12H2,1-3H3/b22-20-. The van der Waals surface area contributed by atoms with Gasteiger partial charge in [-0.2, -0.15) is 0 Å². The van der Waals surface area contributed by atoms with Crippen molar-refractivity contribution < 1.29 is 10.0 Å². The summed E-state index contributed by atoms with van der Waals surface area (Å²) < 4.78 is 0. The van der Waals surface area contributed by atoms with Gasteiger partial charge in [-0.15, -0.1) is 0 Å². The van der Waals surface area contributed by atoms with E-state index >= 15 is 0 Å². The third-order valence-corrected chi connectivity index (χ3v) is 4.82.